The number of ether oxygens (including phenoxy) is 2. The highest BCUT2D eigenvalue weighted by molar-refractivity contribution is 7.45. The van der Waals surface area contributed by atoms with Crippen LogP contribution in [0.25, 0.3) is 0 Å². The number of rotatable bonds is 47. The van der Waals surface area contributed by atoms with Crippen molar-refractivity contribution in [1.82, 2.24) is 0 Å². The Kier molecular flexibility index (Phi) is 46.5. The summed E-state index contributed by atoms with van der Waals surface area (Å²) in [6, 6.07) is 0. The molecular formula is C57H98NO7P. The van der Waals surface area contributed by atoms with Crippen LogP contribution in [0.4, 0.5) is 0 Å². The molecule has 8 nitrogen and oxygen atoms in total. The zero-order valence-electron chi connectivity index (χ0n) is 42.8. The maximum Gasteiger partial charge on any atom is 0.306 e. The largest absolute Gasteiger partial charge is 0.756 e. The Morgan fingerprint density at radius 1 is 0.485 bits per heavy atom. The third kappa shape index (κ3) is 52.1. The van der Waals surface area contributed by atoms with Crippen molar-refractivity contribution in [3.8, 4) is 0 Å². The van der Waals surface area contributed by atoms with E-state index < -0.39 is 13.9 Å². The molecule has 0 aliphatic rings. The lowest BCUT2D eigenvalue weighted by Crippen LogP contribution is -2.37. The molecule has 0 aromatic carbocycles. The molecule has 0 aliphatic carbocycles. The van der Waals surface area contributed by atoms with Crippen LogP contribution in [0.3, 0.4) is 0 Å². The normalized spacial score (nSPS) is 14.5. The standard InChI is InChI=1S/C57H98NO7P/c1-6-8-10-12-14-16-18-20-22-24-26-27-28-29-30-31-32-33-35-37-39-41-43-45-47-49-52-62-54-56(55-64-66(60,61)63-53-51-58(3,4)5)65-57(59)50-48-46-44-42-40-38-36-34-25-23-21-19-17-15-13-11-9-7-2/h8,10,14,16-17,19-20,22-23,25-27,29-30,32-33,37,39,56H,6-7,9,11-13,15,18,21,24,28,31,34-36,38,40-55H2,1-5H3/b10-8-,16-14-,19-17-,22-20-,25-23-,27-26-,30-29-,33-32-,39-37-. The minimum absolute atomic E-state index is 0.0126. The van der Waals surface area contributed by atoms with Gasteiger partial charge in [0, 0.05) is 13.0 Å². The number of quaternary nitrogens is 1. The van der Waals surface area contributed by atoms with Crippen LogP contribution in [-0.2, 0) is 27.9 Å². The van der Waals surface area contributed by atoms with Crippen molar-refractivity contribution in [3.63, 3.8) is 0 Å². The topological polar surface area (TPSA) is 94.1 Å². The highest BCUT2D eigenvalue weighted by Gasteiger charge is 2.20. The number of carbonyl (C=O) groups excluding carboxylic acids is 1. The first-order chi connectivity index (χ1) is 32.1. The fraction of sp³-hybridized carbons (Fsp3) is 0.667. The Labute approximate surface area is 406 Å². The van der Waals surface area contributed by atoms with Crippen molar-refractivity contribution in [1.29, 1.82) is 0 Å². The second-order valence-corrected chi connectivity index (χ2v) is 19.6. The molecule has 0 N–H and O–H groups in total. The monoisotopic (exact) mass is 940 g/mol. The number of unbranched alkanes of at least 4 members (excludes halogenated alkanes) is 15. The number of hydrogen-bond donors (Lipinski definition) is 0. The Morgan fingerprint density at radius 3 is 1.32 bits per heavy atom. The molecule has 378 valence electrons. The van der Waals surface area contributed by atoms with Crippen LogP contribution < -0.4 is 4.89 Å². The summed E-state index contributed by atoms with van der Waals surface area (Å²) in [7, 11) is 1.31. The quantitative estimate of drug-likeness (QED) is 0.0197. The van der Waals surface area contributed by atoms with Gasteiger partial charge in [-0.15, -0.1) is 0 Å². The lowest BCUT2D eigenvalue weighted by molar-refractivity contribution is -0.870. The molecule has 0 fully saturated rings. The molecule has 2 atom stereocenters. The smallest absolute Gasteiger partial charge is 0.306 e. The first-order valence-corrected chi connectivity index (χ1v) is 27.6. The fourth-order valence-electron chi connectivity index (χ4n) is 6.56. The van der Waals surface area contributed by atoms with Crippen LogP contribution in [0.5, 0.6) is 0 Å². The van der Waals surface area contributed by atoms with Gasteiger partial charge in [-0.05, 0) is 103 Å². The summed E-state index contributed by atoms with van der Waals surface area (Å²) < 4.78 is 34.7. The minimum atomic E-state index is -4.55. The zero-order valence-corrected chi connectivity index (χ0v) is 43.7. The van der Waals surface area contributed by atoms with Crippen LogP contribution in [0, 0.1) is 0 Å². The van der Waals surface area contributed by atoms with Gasteiger partial charge in [-0.3, -0.25) is 9.36 Å². The van der Waals surface area contributed by atoms with Crippen molar-refractivity contribution in [2.75, 3.05) is 54.1 Å². The summed E-state index contributed by atoms with van der Waals surface area (Å²) >= 11 is 0. The maximum atomic E-state index is 12.7. The minimum Gasteiger partial charge on any atom is -0.756 e. The predicted octanol–water partition coefficient (Wildman–Crippen LogP) is 15.7. The predicted molar refractivity (Wildman–Crippen MR) is 281 cm³/mol. The molecule has 66 heavy (non-hydrogen) atoms. The summed E-state index contributed by atoms with van der Waals surface area (Å²) in [6.45, 7) is 5.18. The number of esters is 1. The average molecular weight is 940 g/mol. The molecule has 0 saturated heterocycles. The third-order valence-electron chi connectivity index (χ3n) is 10.6. The van der Waals surface area contributed by atoms with Crippen molar-refractivity contribution in [3.05, 3.63) is 109 Å². The van der Waals surface area contributed by atoms with E-state index in [4.69, 9.17) is 18.5 Å². The van der Waals surface area contributed by atoms with Gasteiger partial charge in [-0.1, -0.05) is 187 Å². The average Bonchev–Trinajstić information content (AvgIpc) is 3.28. The number of allylic oxidation sites excluding steroid dienone is 18. The van der Waals surface area contributed by atoms with E-state index in [1.54, 1.807) is 0 Å². The molecule has 0 amide bonds. The molecule has 0 rings (SSSR count). The summed E-state index contributed by atoms with van der Waals surface area (Å²) in [5.41, 5.74) is 0. The molecule has 0 bridgehead atoms. The van der Waals surface area contributed by atoms with Gasteiger partial charge in [0.05, 0.1) is 34.4 Å². The maximum absolute atomic E-state index is 12.7. The van der Waals surface area contributed by atoms with Gasteiger partial charge >= 0.3 is 5.97 Å². The van der Waals surface area contributed by atoms with Gasteiger partial charge in [-0.25, -0.2) is 0 Å². The van der Waals surface area contributed by atoms with E-state index in [-0.39, 0.29) is 25.8 Å². The second-order valence-electron chi connectivity index (χ2n) is 18.1. The van der Waals surface area contributed by atoms with E-state index in [9.17, 15) is 14.3 Å². The molecule has 0 aliphatic heterocycles. The van der Waals surface area contributed by atoms with Gasteiger partial charge in [0.1, 0.15) is 19.3 Å². The van der Waals surface area contributed by atoms with Gasteiger partial charge in [0.15, 0.2) is 0 Å². The first-order valence-electron chi connectivity index (χ1n) is 26.1. The lowest BCUT2D eigenvalue weighted by atomic mass is 10.1. The molecule has 0 radical (unpaired) electrons. The van der Waals surface area contributed by atoms with Crippen molar-refractivity contribution in [2.45, 2.75) is 193 Å². The van der Waals surface area contributed by atoms with E-state index in [1.165, 1.54) is 57.8 Å². The number of carbonyl (C=O) groups is 1. The highest BCUT2D eigenvalue weighted by atomic mass is 31.2. The number of phosphoric ester groups is 1. The number of nitrogens with zero attached hydrogens (tertiary/aromatic N) is 1. The fourth-order valence-corrected chi connectivity index (χ4v) is 7.28. The van der Waals surface area contributed by atoms with Crippen molar-refractivity contribution >= 4 is 13.8 Å². The van der Waals surface area contributed by atoms with Gasteiger partial charge < -0.3 is 27.9 Å². The van der Waals surface area contributed by atoms with Crippen LogP contribution in [0.2, 0.25) is 0 Å². The number of likely N-dealkylation sites (N-methyl/N-ethyl adjacent to an activating group) is 1. The Morgan fingerprint density at radius 2 is 0.879 bits per heavy atom. The molecule has 2 unspecified atom stereocenters. The molecule has 0 spiro atoms. The molecule has 0 aromatic rings. The summed E-state index contributed by atoms with van der Waals surface area (Å²) in [4.78, 5) is 25.2. The molecule has 0 aromatic heterocycles. The van der Waals surface area contributed by atoms with E-state index >= 15 is 0 Å². The second kappa shape index (κ2) is 48.6. The summed E-state index contributed by atoms with van der Waals surface area (Å²) in [5.74, 6) is -0.356. The van der Waals surface area contributed by atoms with E-state index in [1.807, 2.05) is 21.1 Å². The van der Waals surface area contributed by atoms with Gasteiger partial charge in [-0.2, -0.15) is 0 Å². The summed E-state index contributed by atoms with van der Waals surface area (Å²) in [5, 5.41) is 0. The van der Waals surface area contributed by atoms with Crippen LogP contribution in [-0.4, -0.2) is 70.7 Å². The zero-order chi connectivity index (χ0) is 48.3. The molecule has 0 heterocycles. The third-order valence-corrected chi connectivity index (χ3v) is 11.5. The number of hydrogen-bond acceptors (Lipinski definition) is 7. The summed E-state index contributed by atoms with van der Waals surface area (Å²) in [6.07, 6.45) is 68.3. The Bertz CT molecular complexity index is 1420. The first kappa shape index (κ1) is 63.2. The number of phosphoric acid groups is 1. The highest BCUT2D eigenvalue weighted by Crippen LogP contribution is 2.38. The van der Waals surface area contributed by atoms with Crippen molar-refractivity contribution < 1.29 is 37.3 Å². The van der Waals surface area contributed by atoms with E-state index in [0.717, 1.165) is 109 Å². The Balaban J connectivity index is 4.25. The molecule has 0 saturated carbocycles. The van der Waals surface area contributed by atoms with Crippen LogP contribution >= 0.6 is 7.82 Å². The van der Waals surface area contributed by atoms with E-state index in [2.05, 4.69) is 123 Å². The van der Waals surface area contributed by atoms with Crippen molar-refractivity contribution in [2.24, 2.45) is 0 Å². The van der Waals surface area contributed by atoms with E-state index in [0.29, 0.717) is 24.1 Å². The van der Waals surface area contributed by atoms with Gasteiger partial charge in [0.2, 0.25) is 0 Å². The van der Waals surface area contributed by atoms with Crippen LogP contribution in [0.1, 0.15) is 187 Å². The lowest BCUT2D eigenvalue weighted by Gasteiger charge is -2.28. The van der Waals surface area contributed by atoms with Gasteiger partial charge in [0.25, 0.3) is 7.82 Å². The Hall–Kier alpha value is -2.84. The molecule has 9 heteroatoms. The molecular weight excluding hydrogens is 842 g/mol. The SMILES string of the molecule is CC/C=C\C/C=C\C/C=C\C/C=C\C/C=C\C/C=C\C/C=C\CCCCCCOCC(COP(=O)([O-])OCC[N+](C)(C)C)OC(=O)CCCCCCCCC/C=C\C/C=C\CCCCCC. The van der Waals surface area contributed by atoms with Crippen LogP contribution in [0.15, 0.2) is 109 Å².